The molecule has 0 saturated carbocycles. The second-order valence-electron chi connectivity index (χ2n) is 8.42. The molecule has 4 aromatic rings. The molecule has 2 atom stereocenters. The van der Waals surface area contributed by atoms with Crippen LogP contribution < -0.4 is 4.74 Å². The Balaban J connectivity index is 1.54. The third-order valence-electron chi connectivity index (χ3n) is 6.33. The Labute approximate surface area is 204 Å². The quantitative estimate of drug-likeness (QED) is 0.302. The van der Waals surface area contributed by atoms with Crippen molar-refractivity contribution < 1.29 is 13.9 Å². The number of rotatable bonds is 2. The summed E-state index contributed by atoms with van der Waals surface area (Å²) in [5, 5.41) is 8.61. The van der Waals surface area contributed by atoms with E-state index in [2.05, 4.69) is 0 Å². The van der Waals surface area contributed by atoms with E-state index in [0.717, 1.165) is 33.3 Å². The fourth-order valence-corrected chi connectivity index (χ4v) is 5.35. The molecular weight excluding hydrogens is 476 g/mol. The third kappa shape index (κ3) is 3.29. The molecule has 0 bridgehead atoms. The Bertz CT molecular complexity index is 1500. The molecular formula is C26H18Cl2FN3O2. The van der Waals surface area contributed by atoms with E-state index in [1.807, 2.05) is 35.3 Å². The van der Waals surface area contributed by atoms with Crippen LogP contribution in [0.1, 0.15) is 47.1 Å². The molecule has 0 radical (unpaired) electrons. The van der Waals surface area contributed by atoms with Gasteiger partial charge in [0, 0.05) is 41.1 Å². The summed E-state index contributed by atoms with van der Waals surface area (Å²) in [5.41, 5.74) is 4.06. The second kappa shape index (κ2) is 7.86. The Morgan fingerprint density at radius 1 is 1.09 bits per heavy atom. The summed E-state index contributed by atoms with van der Waals surface area (Å²) in [4.78, 5) is 12.4. The Morgan fingerprint density at radius 2 is 1.85 bits per heavy atom. The van der Waals surface area contributed by atoms with Crippen molar-refractivity contribution in [2.75, 3.05) is 0 Å². The first-order chi connectivity index (χ1) is 16.4. The number of benzene rings is 3. The van der Waals surface area contributed by atoms with Crippen molar-refractivity contribution in [3.05, 3.63) is 99.4 Å². The van der Waals surface area contributed by atoms with Crippen LogP contribution in [0.4, 0.5) is 4.39 Å². The predicted octanol–water partition coefficient (Wildman–Crippen LogP) is 6.99. The van der Waals surface area contributed by atoms with E-state index in [1.165, 1.54) is 19.1 Å². The number of aromatic nitrogens is 1. The number of fused-ring (bicyclic) bond motifs is 4. The highest BCUT2D eigenvalue weighted by molar-refractivity contribution is 6.35. The zero-order chi connectivity index (χ0) is 23.6. The lowest BCUT2D eigenvalue weighted by Crippen LogP contribution is -2.33. The summed E-state index contributed by atoms with van der Waals surface area (Å²) < 4.78 is 21.6. The number of hydrogen-bond acceptors (Lipinski definition) is 4. The normalized spacial score (nSPS) is 18.9. The van der Waals surface area contributed by atoms with E-state index in [4.69, 9.17) is 33.0 Å². The van der Waals surface area contributed by atoms with E-state index < -0.39 is 6.23 Å². The number of nitrogens with zero attached hydrogens (tertiary/aromatic N) is 3. The van der Waals surface area contributed by atoms with Gasteiger partial charge in [0.05, 0.1) is 22.3 Å². The number of para-hydroxylation sites is 1. The van der Waals surface area contributed by atoms with Crippen LogP contribution in [0, 0.1) is 5.82 Å². The average Bonchev–Trinajstić information content (AvgIpc) is 3.42. The molecule has 2 aliphatic rings. The highest BCUT2D eigenvalue weighted by Crippen LogP contribution is 2.51. The largest absolute Gasteiger partial charge is 0.463 e. The van der Waals surface area contributed by atoms with Crippen molar-refractivity contribution in [1.82, 2.24) is 9.58 Å². The maximum absolute atomic E-state index is 13.5. The minimum absolute atomic E-state index is 0.100. The van der Waals surface area contributed by atoms with Gasteiger partial charge in [0.25, 0.3) is 0 Å². The van der Waals surface area contributed by atoms with Crippen LogP contribution in [0.5, 0.6) is 5.75 Å². The van der Waals surface area contributed by atoms with Crippen molar-refractivity contribution in [3.8, 4) is 5.75 Å². The van der Waals surface area contributed by atoms with Crippen LogP contribution in [0.15, 0.2) is 72.0 Å². The monoisotopic (exact) mass is 493 g/mol. The maximum Gasteiger partial charge on any atom is 0.227 e. The van der Waals surface area contributed by atoms with Gasteiger partial charge in [-0.15, -0.1) is 0 Å². The van der Waals surface area contributed by atoms with E-state index >= 15 is 0 Å². The molecule has 3 aromatic carbocycles. The number of carbonyl (C=O) groups is 1. The fourth-order valence-electron chi connectivity index (χ4n) is 4.80. The van der Waals surface area contributed by atoms with Crippen molar-refractivity contribution in [2.24, 2.45) is 5.10 Å². The van der Waals surface area contributed by atoms with E-state index in [9.17, 15) is 9.18 Å². The molecule has 0 fully saturated rings. The third-order valence-corrected chi connectivity index (χ3v) is 6.83. The lowest BCUT2D eigenvalue weighted by molar-refractivity contribution is -0.0180. The first kappa shape index (κ1) is 21.2. The lowest BCUT2D eigenvalue weighted by Gasteiger charge is -2.38. The molecule has 8 heteroatoms. The van der Waals surface area contributed by atoms with Crippen LogP contribution in [0.25, 0.3) is 10.9 Å². The van der Waals surface area contributed by atoms with Crippen molar-refractivity contribution in [2.45, 2.75) is 25.6 Å². The number of hydrazone groups is 1. The fraction of sp³-hybridized carbons (Fsp3) is 0.154. The van der Waals surface area contributed by atoms with Gasteiger partial charge < -0.3 is 4.74 Å². The summed E-state index contributed by atoms with van der Waals surface area (Å²) in [5.74, 6) is 0.145. The Morgan fingerprint density at radius 3 is 2.62 bits per heavy atom. The van der Waals surface area contributed by atoms with Gasteiger partial charge in [0.2, 0.25) is 12.1 Å². The molecule has 6 rings (SSSR count). The Hall–Kier alpha value is -3.35. The van der Waals surface area contributed by atoms with Crippen LogP contribution in [-0.2, 0) is 0 Å². The summed E-state index contributed by atoms with van der Waals surface area (Å²) >= 11 is 12.9. The molecule has 0 N–H and O–H groups in total. The first-order valence-electron chi connectivity index (χ1n) is 10.8. The van der Waals surface area contributed by atoms with Gasteiger partial charge in [-0.25, -0.2) is 9.40 Å². The highest BCUT2D eigenvalue weighted by Gasteiger charge is 2.43. The lowest BCUT2D eigenvalue weighted by atomic mass is 9.95. The standard InChI is InChI=1S/C26H18Cl2FN3O2/c1-14(33)31-13-20(18-4-2-3-5-23(18)31)26-32-24(19-10-16(27)11-21(28)25(19)34-26)12-22(30-32)15-6-8-17(29)9-7-15/h2-11,13,24,26H,12H2,1H3. The molecule has 0 amide bonds. The van der Waals surface area contributed by atoms with Gasteiger partial charge in [0.15, 0.2) is 0 Å². The Kier molecular flexibility index (Phi) is 4.90. The molecule has 0 spiro atoms. The predicted molar refractivity (Wildman–Crippen MR) is 130 cm³/mol. The molecule has 2 aliphatic heterocycles. The molecule has 34 heavy (non-hydrogen) atoms. The van der Waals surface area contributed by atoms with Gasteiger partial charge in [0.1, 0.15) is 11.6 Å². The zero-order valence-corrected chi connectivity index (χ0v) is 19.5. The van der Waals surface area contributed by atoms with Crippen LogP contribution in [0.2, 0.25) is 10.0 Å². The smallest absolute Gasteiger partial charge is 0.227 e. The molecule has 1 aromatic heterocycles. The molecule has 0 aliphatic carbocycles. The minimum atomic E-state index is -0.625. The summed E-state index contributed by atoms with van der Waals surface area (Å²) in [6, 6.07) is 17.3. The minimum Gasteiger partial charge on any atom is -0.463 e. The topological polar surface area (TPSA) is 46.8 Å². The summed E-state index contributed by atoms with van der Waals surface area (Å²) in [6.07, 6.45) is 1.75. The zero-order valence-electron chi connectivity index (χ0n) is 18.0. The SMILES string of the molecule is CC(=O)n1cc(C2Oc3c(Cl)cc(Cl)cc3C3CC(c4ccc(F)cc4)=NN32)c2ccccc21. The summed E-state index contributed by atoms with van der Waals surface area (Å²) in [7, 11) is 0. The first-order valence-corrected chi connectivity index (χ1v) is 11.5. The van der Waals surface area contributed by atoms with Gasteiger partial charge >= 0.3 is 0 Å². The van der Waals surface area contributed by atoms with E-state index in [1.54, 1.807) is 29.0 Å². The number of hydrogen-bond donors (Lipinski definition) is 0. The van der Waals surface area contributed by atoms with Crippen molar-refractivity contribution in [3.63, 3.8) is 0 Å². The van der Waals surface area contributed by atoms with E-state index in [0.29, 0.717) is 22.2 Å². The molecule has 2 unspecified atom stereocenters. The second-order valence-corrected chi connectivity index (χ2v) is 9.26. The van der Waals surface area contributed by atoms with Crippen LogP contribution in [0.3, 0.4) is 0 Å². The van der Waals surface area contributed by atoms with Crippen LogP contribution in [-0.4, -0.2) is 21.2 Å². The van der Waals surface area contributed by atoms with Gasteiger partial charge in [-0.2, -0.15) is 5.10 Å². The maximum atomic E-state index is 13.5. The van der Waals surface area contributed by atoms with Crippen molar-refractivity contribution >= 4 is 45.7 Å². The van der Waals surface area contributed by atoms with Crippen molar-refractivity contribution in [1.29, 1.82) is 0 Å². The average molecular weight is 494 g/mol. The summed E-state index contributed by atoms with van der Waals surface area (Å²) in [6.45, 7) is 1.52. The van der Waals surface area contributed by atoms with E-state index in [-0.39, 0.29) is 17.8 Å². The number of carbonyl (C=O) groups excluding carboxylic acids is 1. The molecule has 5 nitrogen and oxygen atoms in total. The van der Waals surface area contributed by atoms with Gasteiger partial charge in [-0.05, 0) is 35.9 Å². The number of halogens is 3. The van der Waals surface area contributed by atoms with Gasteiger partial charge in [-0.1, -0.05) is 53.5 Å². The molecule has 0 saturated heterocycles. The van der Waals surface area contributed by atoms with Crippen LogP contribution >= 0.6 is 23.2 Å². The number of ether oxygens (including phenoxy) is 1. The highest BCUT2D eigenvalue weighted by atomic mass is 35.5. The van der Waals surface area contributed by atoms with Gasteiger partial charge in [-0.3, -0.25) is 9.36 Å². The molecule has 170 valence electrons. The molecule has 3 heterocycles.